The third kappa shape index (κ3) is 3.44. The number of hydrogen-bond acceptors (Lipinski definition) is 4. The van der Waals surface area contributed by atoms with E-state index in [1.165, 1.54) is 23.1 Å². The van der Waals surface area contributed by atoms with Gasteiger partial charge < -0.3 is 5.11 Å². The van der Waals surface area contributed by atoms with E-state index < -0.39 is 16.0 Å². The van der Waals surface area contributed by atoms with Gasteiger partial charge in [0.05, 0.1) is 17.4 Å². The number of nitrogens with zero attached hydrogens (tertiary/aromatic N) is 2. The summed E-state index contributed by atoms with van der Waals surface area (Å²) in [5.41, 5.74) is -0.224. The molecule has 0 aliphatic carbocycles. The van der Waals surface area contributed by atoms with Gasteiger partial charge in [-0.2, -0.15) is 5.10 Å². The smallest absolute Gasteiger partial charge is 0.337 e. The van der Waals surface area contributed by atoms with Crippen molar-refractivity contribution in [3.63, 3.8) is 0 Å². The van der Waals surface area contributed by atoms with Crippen LogP contribution in [0.25, 0.3) is 0 Å². The second-order valence-corrected chi connectivity index (χ2v) is 7.52. The molecular weight excluding hydrogens is 430 g/mol. The van der Waals surface area contributed by atoms with Crippen LogP contribution in [0, 0.1) is 0 Å². The summed E-state index contributed by atoms with van der Waals surface area (Å²) in [4.78, 5) is 11.2. The summed E-state index contributed by atoms with van der Waals surface area (Å²) in [5, 5.41) is 13.0. The van der Waals surface area contributed by atoms with Gasteiger partial charge in [-0.25, -0.2) is 13.2 Å². The molecule has 0 saturated carbocycles. The first kappa shape index (κ1) is 16.0. The van der Waals surface area contributed by atoms with E-state index in [9.17, 15) is 18.3 Å². The molecule has 1 heterocycles. The van der Waals surface area contributed by atoms with E-state index in [0.717, 1.165) is 0 Å². The van der Waals surface area contributed by atoms with Crippen LogP contribution in [0.1, 0.15) is 10.4 Å². The average molecular weight is 439 g/mol. The zero-order valence-corrected chi connectivity index (χ0v) is 14.5. The Bertz CT molecular complexity index is 817. The lowest BCUT2D eigenvalue weighted by molar-refractivity contribution is 0.0698. The highest BCUT2D eigenvalue weighted by atomic mass is 79.9. The molecule has 0 atom stereocenters. The van der Waals surface area contributed by atoms with Crippen molar-refractivity contribution in [3.8, 4) is 0 Å². The van der Waals surface area contributed by atoms with E-state index in [2.05, 4.69) is 41.7 Å². The largest absolute Gasteiger partial charge is 0.478 e. The molecule has 1 aromatic carbocycles. The van der Waals surface area contributed by atoms with Crippen LogP contribution in [0.2, 0.25) is 0 Å². The SMILES string of the molecule is Cn1cc(S(=O)(=O)Nc2c(Br)cc(Br)cc2C(=O)O)cn1. The molecule has 0 aliphatic rings. The van der Waals surface area contributed by atoms with Crippen molar-refractivity contribution < 1.29 is 18.3 Å². The average Bonchev–Trinajstić information content (AvgIpc) is 2.79. The van der Waals surface area contributed by atoms with E-state index >= 15 is 0 Å². The van der Waals surface area contributed by atoms with Crippen molar-refractivity contribution >= 4 is 53.5 Å². The number of rotatable bonds is 4. The van der Waals surface area contributed by atoms with E-state index in [-0.39, 0.29) is 16.1 Å². The zero-order chi connectivity index (χ0) is 15.8. The van der Waals surface area contributed by atoms with Gasteiger partial charge in [0.1, 0.15) is 4.90 Å². The Balaban J connectivity index is 2.51. The van der Waals surface area contributed by atoms with Crippen molar-refractivity contribution in [2.24, 2.45) is 7.05 Å². The maximum atomic E-state index is 12.2. The molecule has 0 radical (unpaired) electrons. The van der Waals surface area contributed by atoms with Gasteiger partial charge in [-0.15, -0.1) is 0 Å². The normalized spacial score (nSPS) is 11.4. The first-order valence-corrected chi connectivity index (χ1v) is 8.51. The minimum Gasteiger partial charge on any atom is -0.478 e. The molecule has 2 aromatic rings. The molecule has 0 fully saturated rings. The van der Waals surface area contributed by atoms with E-state index in [0.29, 0.717) is 8.95 Å². The number of hydrogen-bond donors (Lipinski definition) is 2. The van der Waals surface area contributed by atoms with Crippen molar-refractivity contribution in [1.82, 2.24) is 9.78 Å². The monoisotopic (exact) mass is 437 g/mol. The minimum atomic E-state index is -3.93. The molecule has 2 N–H and O–H groups in total. The number of sulfonamides is 1. The Morgan fingerprint density at radius 3 is 2.57 bits per heavy atom. The molecule has 1 aromatic heterocycles. The topological polar surface area (TPSA) is 101 Å². The van der Waals surface area contributed by atoms with Crippen LogP contribution in [0.3, 0.4) is 0 Å². The van der Waals surface area contributed by atoms with Crippen molar-refractivity contribution in [3.05, 3.63) is 39.0 Å². The molecule has 21 heavy (non-hydrogen) atoms. The summed E-state index contributed by atoms with van der Waals surface area (Å²) >= 11 is 6.32. The van der Waals surface area contributed by atoms with Crippen molar-refractivity contribution in [2.45, 2.75) is 4.90 Å². The van der Waals surface area contributed by atoms with Crippen LogP contribution in [0.5, 0.6) is 0 Å². The molecule has 0 amide bonds. The van der Waals surface area contributed by atoms with Gasteiger partial charge in [0, 0.05) is 22.2 Å². The van der Waals surface area contributed by atoms with Gasteiger partial charge in [0.25, 0.3) is 10.0 Å². The Morgan fingerprint density at radius 2 is 2.05 bits per heavy atom. The number of nitrogens with one attached hydrogen (secondary N) is 1. The predicted octanol–water partition coefficient (Wildman–Crippen LogP) is 2.44. The second kappa shape index (κ2) is 5.78. The Kier molecular flexibility index (Phi) is 4.40. The number of aromatic nitrogens is 2. The summed E-state index contributed by atoms with van der Waals surface area (Å²) in [6.45, 7) is 0. The maximum Gasteiger partial charge on any atom is 0.337 e. The van der Waals surface area contributed by atoms with E-state index in [4.69, 9.17) is 0 Å². The lowest BCUT2D eigenvalue weighted by Crippen LogP contribution is -2.15. The number of carboxylic acids is 1. The molecule has 0 bridgehead atoms. The van der Waals surface area contributed by atoms with Crippen molar-refractivity contribution in [2.75, 3.05) is 4.72 Å². The summed E-state index contributed by atoms with van der Waals surface area (Å²) < 4.78 is 28.9. The van der Waals surface area contributed by atoms with Gasteiger partial charge in [0.2, 0.25) is 0 Å². The molecular formula is C11H9Br2N3O4S. The third-order valence-corrected chi connectivity index (χ3v) is 4.90. The fourth-order valence-electron chi connectivity index (χ4n) is 1.58. The van der Waals surface area contributed by atoms with Crippen molar-refractivity contribution in [1.29, 1.82) is 0 Å². The van der Waals surface area contributed by atoms with Crippen LogP contribution in [-0.2, 0) is 17.1 Å². The third-order valence-electron chi connectivity index (χ3n) is 2.51. The summed E-state index contributed by atoms with van der Waals surface area (Å²) in [5.74, 6) is -1.25. The maximum absolute atomic E-state index is 12.2. The molecule has 0 aliphatic heterocycles. The molecule has 112 valence electrons. The fourth-order valence-corrected chi connectivity index (χ4v) is 4.12. The van der Waals surface area contributed by atoms with Crippen LogP contribution >= 0.6 is 31.9 Å². The number of anilines is 1. The summed E-state index contributed by atoms with van der Waals surface area (Å²) in [6.07, 6.45) is 2.49. The van der Waals surface area contributed by atoms with Gasteiger partial charge in [-0.1, -0.05) is 15.9 Å². The van der Waals surface area contributed by atoms with Crippen LogP contribution in [0.4, 0.5) is 5.69 Å². The molecule has 2 rings (SSSR count). The first-order valence-electron chi connectivity index (χ1n) is 5.44. The quantitative estimate of drug-likeness (QED) is 0.763. The Hall–Kier alpha value is -1.39. The second-order valence-electron chi connectivity index (χ2n) is 4.07. The Morgan fingerprint density at radius 1 is 1.38 bits per heavy atom. The number of aryl methyl sites for hydroxylation is 1. The molecule has 0 spiro atoms. The van der Waals surface area contributed by atoms with Gasteiger partial charge in [-0.3, -0.25) is 9.40 Å². The molecule has 7 nitrogen and oxygen atoms in total. The van der Waals surface area contributed by atoms with Gasteiger partial charge in [-0.05, 0) is 28.1 Å². The minimum absolute atomic E-state index is 0.0467. The molecule has 10 heteroatoms. The fraction of sp³-hybridized carbons (Fsp3) is 0.0909. The van der Waals surface area contributed by atoms with Crippen LogP contribution < -0.4 is 4.72 Å². The number of aromatic carboxylic acids is 1. The molecule has 0 unspecified atom stereocenters. The lowest BCUT2D eigenvalue weighted by atomic mass is 10.2. The van der Waals surface area contributed by atoms with Crippen LogP contribution in [0.15, 0.2) is 38.4 Å². The molecule has 0 saturated heterocycles. The van der Waals surface area contributed by atoms with Gasteiger partial charge in [0.15, 0.2) is 0 Å². The zero-order valence-electron chi connectivity index (χ0n) is 10.5. The highest BCUT2D eigenvalue weighted by molar-refractivity contribution is 9.11. The van der Waals surface area contributed by atoms with E-state index in [1.54, 1.807) is 13.1 Å². The highest BCUT2D eigenvalue weighted by Crippen LogP contribution is 2.32. The Labute approximate surface area is 137 Å². The predicted molar refractivity (Wildman–Crippen MR) is 82.8 cm³/mol. The summed E-state index contributed by atoms with van der Waals surface area (Å²) in [7, 11) is -2.35. The van der Waals surface area contributed by atoms with E-state index in [1.807, 2.05) is 0 Å². The number of carboxylic acid groups (broad SMARTS) is 1. The summed E-state index contributed by atoms with van der Waals surface area (Å²) in [6, 6.07) is 2.86. The van der Waals surface area contributed by atoms with Crippen LogP contribution in [-0.4, -0.2) is 29.3 Å². The number of carbonyl (C=O) groups is 1. The first-order chi connectivity index (χ1) is 9.70. The van der Waals surface area contributed by atoms with Gasteiger partial charge >= 0.3 is 5.97 Å². The highest BCUT2D eigenvalue weighted by Gasteiger charge is 2.22. The number of benzene rings is 1. The number of halogens is 2. The lowest BCUT2D eigenvalue weighted by Gasteiger charge is -2.12. The standard InChI is InChI=1S/C11H9Br2N3O4S/c1-16-5-7(4-14-16)21(19,20)15-10-8(11(17)18)2-6(12)3-9(10)13/h2-5,15H,1H3,(H,17,18).